The van der Waals surface area contributed by atoms with Crippen LogP contribution in [0.15, 0.2) is 53.4 Å². The van der Waals surface area contributed by atoms with Crippen LogP contribution >= 0.6 is 0 Å². The summed E-state index contributed by atoms with van der Waals surface area (Å²) >= 11 is 0. The summed E-state index contributed by atoms with van der Waals surface area (Å²) in [7, 11) is -0.418. The van der Waals surface area contributed by atoms with E-state index in [1.165, 1.54) is 18.4 Å². The number of amides is 1. The summed E-state index contributed by atoms with van der Waals surface area (Å²) in [5.41, 5.74) is 2.80. The van der Waals surface area contributed by atoms with Crippen LogP contribution in [0.25, 0.3) is 0 Å². The lowest BCUT2D eigenvalue weighted by molar-refractivity contribution is -0.116. The molecule has 6 heteroatoms. The lowest BCUT2D eigenvalue weighted by Crippen LogP contribution is -2.22. The van der Waals surface area contributed by atoms with Crippen LogP contribution in [0.1, 0.15) is 17.5 Å². The molecule has 5 nitrogen and oxygen atoms in total. The second-order valence-electron chi connectivity index (χ2n) is 5.85. The number of aryl methyl sites for hydroxylation is 2. The Morgan fingerprint density at radius 1 is 1.08 bits per heavy atom. The van der Waals surface area contributed by atoms with Crippen LogP contribution in [-0.2, 0) is 21.2 Å². The Hall–Kier alpha value is -2.18. The molecule has 0 aliphatic rings. The van der Waals surface area contributed by atoms with E-state index in [4.69, 9.17) is 0 Å². The summed E-state index contributed by atoms with van der Waals surface area (Å²) < 4.78 is 25.2. The molecular weight excluding hydrogens is 324 g/mol. The van der Waals surface area contributed by atoms with Gasteiger partial charge in [0.25, 0.3) is 0 Å². The third-order valence-electron chi connectivity index (χ3n) is 3.64. The molecule has 2 aromatic carbocycles. The predicted molar refractivity (Wildman–Crippen MR) is 95.4 cm³/mol. The quantitative estimate of drug-likeness (QED) is 0.875. The lowest BCUT2D eigenvalue weighted by atomic mass is 10.1. The number of nitrogens with one attached hydrogen (secondary N) is 1. The van der Waals surface area contributed by atoms with E-state index in [1.54, 1.807) is 24.3 Å². The monoisotopic (exact) mass is 346 g/mol. The van der Waals surface area contributed by atoms with Gasteiger partial charge in [-0.05, 0) is 48.7 Å². The molecule has 2 aromatic rings. The highest BCUT2D eigenvalue weighted by Gasteiger charge is 2.16. The fourth-order valence-electron chi connectivity index (χ4n) is 2.24. The summed E-state index contributed by atoms with van der Waals surface area (Å²) in [5, 5.41) is 2.86. The number of benzene rings is 2. The van der Waals surface area contributed by atoms with Gasteiger partial charge in [-0.3, -0.25) is 4.79 Å². The first-order valence-electron chi connectivity index (χ1n) is 7.67. The van der Waals surface area contributed by atoms with Gasteiger partial charge in [0.1, 0.15) is 0 Å². The maximum Gasteiger partial charge on any atom is 0.242 e. The molecule has 1 N–H and O–H groups in total. The summed E-state index contributed by atoms with van der Waals surface area (Å²) in [5.74, 6) is -0.0643. The molecule has 0 unspecified atom stereocenters. The Morgan fingerprint density at radius 3 is 2.33 bits per heavy atom. The highest BCUT2D eigenvalue weighted by atomic mass is 32.2. The summed E-state index contributed by atoms with van der Waals surface area (Å²) in [6.07, 6.45) is 0.896. The highest BCUT2D eigenvalue weighted by Crippen LogP contribution is 2.15. The van der Waals surface area contributed by atoms with Crippen LogP contribution in [0.3, 0.4) is 0 Å². The maximum absolute atomic E-state index is 12.0. The normalized spacial score (nSPS) is 11.5. The zero-order valence-corrected chi connectivity index (χ0v) is 14.9. The maximum atomic E-state index is 12.0. The van der Waals surface area contributed by atoms with Crippen molar-refractivity contribution < 1.29 is 13.2 Å². The van der Waals surface area contributed by atoms with Crippen LogP contribution in [-0.4, -0.2) is 32.7 Å². The SMILES string of the molecule is Cc1cccc(NC(=O)CCc2ccc(S(=O)(=O)N(C)C)cc2)c1. The van der Waals surface area contributed by atoms with E-state index < -0.39 is 10.0 Å². The summed E-state index contributed by atoms with van der Waals surface area (Å²) in [6, 6.07) is 14.3. The van der Waals surface area contributed by atoms with Crippen molar-refractivity contribution in [3.63, 3.8) is 0 Å². The fourth-order valence-corrected chi connectivity index (χ4v) is 3.14. The van der Waals surface area contributed by atoms with Crippen molar-refractivity contribution in [3.8, 4) is 0 Å². The van der Waals surface area contributed by atoms with E-state index in [-0.39, 0.29) is 10.8 Å². The van der Waals surface area contributed by atoms with Crippen molar-refractivity contribution >= 4 is 21.6 Å². The van der Waals surface area contributed by atoms with E-state index >= 15 is 0 Å². The van der Waals surface area contributed by atoms with Gasteiger partial charge < -0.3 is 5.32 Å². The number of nitrogens with zero attached hydrogens (tertiary/aromatic N) is 1. The van der Waals surface area contributed by atoms with E-state index in [9.17, 15) is 13.2 Å². The molecule has 0 spiro atoms. The van der Waals surface area contributed by atoms with Crippen molar-refractivity contribution in [1.82, 2.24) is 4.31 Å². The molecule has 0 heterocycles. The molecule has 0 saturated carbocycles. The molecule has 1 amide bonds. The Kier molecular flexibility index (Phi) is 5.75. The van der Waals surface area contributed by atoms with Crippen LogP contribution in [0.2, 0.25) is 0 Å². The third-order valence-corrected chi connectivity index (χ3v) is 5.47. The number of carbonyl (C=O) groups excluding carboxylic acids is 1. The molecule has 0 fully saturated rings. The van der Waals surface area contributed by atoms with E-state index in [0.29, 0.717) is 12.8 Å². The standard InChI is InChI=1S/C18H22N2O3S/c1-14-5-4-6-16(13-14)19-18(21)12-9-15-7-10-17(11-8-15)24(22,23)20(2)3/h4-8,10-11,13H,9,12H2,1-3H3,(H,19,21). The van der Waals surface area contributed by atoms with E-state index in [1.807, 2.05) is 31.2 Å². The third kappa shape index (κ3) is 4.66. The van der Waals surface area contributed by atoms with Crippen molar-refractivity contribution in [2.75, 3.05) is 19.4 Å². The number of hydrogen-bond donors (Lipinski definition) is 1. The van der Waals surface area contributed by atoms with Crippen LogP contribution < -0.4 is 5.32 Å². The minimum Gasteiger partial charge on any atom is -0.326 e. The van der Waals surface area contributed by atoms with Gasteiger partial charge in [0.2, 0.25) is 15.9 Å². The zero-order chi connectivity index (χ0) is 17.7. The first-order chi connectivity index (χ1) is 11.3. The molecule has 0 radical (unpaired) electrons. The Bertz CT molecular complexity index is 812. The molecular formula is C18H22N2O3S. The molecule has 2 rings (SSSR count). The van der Waals surface area contributed by atoms with Crippen LogP contribution in [0.5, 0.6) is 0 Å². The molecule has 0 saturated heterocycles. The van der Waals surface area contributed by atoms with Crippen LogP contribution in [0, 0.1) is 6.92 Å². The number of hydrogen-bond acceptors (Lipinski definition) is 3. The summed E-state index contributed by atoms with van der Waals surface area (Å²) in [4.78, 5) is 12.2. The van der Waals surface area contributed by atoms with Gasteiger partial charge in [-0.25, -0.2) is 12.7 Å². The largest absolute Gasteiger partial charge is 0.326 e. The van der Waals surface area contributed by atoms with Gasteiger partial charge in [-0.15, -0.1) is 0 Å². The Balaban J connectivity index is 1.94. The predicted octanol–water partition coefficient (Wildman–Crippen LogP) is 2.82. The summed E-state index contributed by atoms with van der Waals surface area (Å²) in [6.45, 7) is 1.97. The minimum atomic E-state index is -3.42. The van der Waals surface area contributed by atoms with E-state index in [0.717, 1.165) is 16.8 Å². The van der Waals surface area contributed by atoms with Crippen LogP contribution in [0.4, 0.5) is 5.69 Å². The molecule has 0 aliphatic carbocycles. The van der Waals surface area contributed by atoms with Gasteiger partial charge in [0.15, 0.2) is 0 Å². The molecule has 0 atom stereocenters. The minimum absolute atomic E-state index is 0.0643. The number of rotatable bonds is 6. The Morgan fingerprint density at radius 2 is 1.75 bits per heavy atom. The molecule has 0 bridgehead atoms. The topological polar surface area (TPSA) is 66.5 Å². The first kappa shape index (κ1) is 18.2. The second kappa shape index (κ2) is 7.59. The van der Waals surface area contributed by atoms with Gasteiger partial charge in [0, 0.05) is 26.2 Å². The molecule has 0 aliphatic heterocycles. The van der Waals surface area contributed by atoms with Crippen molar-refractivity contribution in [2.24, 2.45) is 0 Å². The van der Waals surface area contributed by atoms with Gasteiger partial charge in [-0.1, -0.05) is 24.3 Å². The van der Waals surface area contributed by atoms with Gasteiger partial charge >= 0.3 is 0 Å². The van der Waals surface area contributed by atoms with Gasteiger partial charge in [-0.2, -0.15) is 0 Å². The van der Waals surface area contributed by atoms with Crippen molar-refractivity contribution in [3.05, 3.63) is 59.7 Å². The zero-order valence-electron chi connectivity index (χ0n) is 14.1. The number of anilines is 1. The van der Waals surface area contributed by atoms with Crippen molar-refractivity contribution in [1.29, 1.82) is 0 Å². The second-order valence-corrected chi connectivity index (χ2v) is 8.00. The van der Waals surface area contributed by atoms with Crippen molar-refractivity contribution in [2.45, 2.75) is 24.7 Å². The average molecular weight is 346 g/mol. The molecule has 0 aromatic heterocycles. The first-order valence-corrected chi connectivity index (χ1v) is 9.11. The Labute approximate surface area is 143 Å². The van der Waals surface area contributed by atoms with E-state index in [2.05, 4.69) is 5.32 Å². The fraction of sp³-hybridized carbons (Fsp3) is 0.278. The number of sulfonamides is 1. The van der Waals surface area contributed by atoms with Gasteiger partial charge in [0.05, 0.1) is 4.90 Å². The average Bonchev–Trinajstić information content (AvgIpc) is 2.53. The highest BCUT2D eigenvalue weighted by molar-refractivity contribution is 7.89. The molecule has 24 heavy (non-hydrogen) atoms. The number of carbonyl (C=O) groups is 1. The lowest BCUT2D eigenvalue weighted by Gasteiger charge is -2.11. The molecule has 128 valence electrons. The smallest absolute Gasteiger partial charge is 0.242 e.